The lowest BCUT2D eigenvalue weighted by molar-refractivity contribution is -0.117. The van der Waals surface area contributed by atoms with Gasteiger partial charge in [-0.3, -0.25) is 9.59 Å². The van der Waals surface area contributed by atoms with Crippen molar-refractivity contribution in [2.45, 2.75) is 25.7 Å². The Kier molecular flexibility index (Phi) is 7.28. The zero-order valence-corrected chi connectivity index (χ0v) is 18.7. The van der Waals surface area contributed by atoms with Gasteiger partial charge < -0.3 is 10.6 Å². The summed E-state index contributed by atoms with van der Waals surface area (Å²) in [5.74, 6) is 0.217. The Morgan fingerprint density at radius 1 is 1.15 bits per heavy atom. The molecule has 4 rings (SSSR count). The predicted molar refractivity (Wildman–Crippen MR) is 128 cm³/mol. The lowest BCUT2D eigenvalue weighted by atomic mass is 10.0. The van der Waals surface area contributed by atoms with Gasteiger partial charge in [0.25, 0.3) is 5.91 Å². The summed E-state index contributed by atoms with van der Waals surface area (Å²) >= 11 is 0. The maximum absolute atomic E-state index is 13.5. The van der Waals surface area contributed by atoms with Crippen molar-refractivity contribution in [1.29, 1.82) is 5.26 Å². The van der Waals surface area contributed by atoms with Crippen molar-refractivity contribution in [3.63, 3.8) is 0 Å². The topological polar surface area (TPSA) is 94.9 Å². The number of anilines is 1. The number of nitrogens with zero attached hydrogens (tertiary/aromatic N) is 2. The molecular weight excluding hydrogens is 431 g/mol. The first-order valence-corrected chi connectivity index (χ1v) is 11.3. The van der Waals surface area contributed by atoms with E-state index in [1.807, 2.05) is 18.2 Å². The van der Waals surface area contributed by atoms with E-state index < -0.39 is 0 Å². The van der Waals surface area contributed by atoms with E-state index in [9.17, 15) is 19.2 Å². The Bertz CT molecular complexity index is 1250. The first-order valence-electron chi connectivity index (χ1n) is 11.3. The Labute approximate surface area is 197 Å². The number of halogens is 1. The summed E-state index contributed by atoms with van der Waals surface area (Å²) in [7, 11) is 0. The maximum Gasteiger partial charge on any atom is 0.255 e. The van der Waals surface area contributed by atoms with Crippen LogP contribution < -0.4 is 10.6 Å². The number of ketones is 1. The summed E-state index contributed by atoms with van der Waals surface area (Å²) in [5.41, 5.74) is 2.94. The molecule has 1 aliphatic carbocycles. The second-order valence-corrected chi connectivity index (χ2v) is 8.41. The molecule has 0 aliphatic heterocycles. The fraction of sp³-hybridized carbons (Fsp3) is 0.259. The van der Waals surface area contributed by atoms with Crippen molar-refractivity contribution in [1.82, 2.24) is 10.3 Å². The number of hydrogen-bond acceptors (Lipinski definition) is 5. The lowest BCUT2D eigenvalue weighted by Crippen LogP contribution is -2.29. The fourth-order valence-corrected chi connectivity index (χ4v) is 4.15. The maximum atomic E-state index is 13.5. The van der Waals surface area contributed by atoms with Crippen molar-refractivity contribution in [3.8, 4) is 17.3 Å². The van der Waals surface area contributed by atoms with E-state index in [4.69, 9.17) is 0 Å². The van der Waals surface area contributed by atoms with Gasteiger partial charge in [-0.1, -0.05) is 30.3 Å². The van der Waals surface area contributed by atoms with Crippen LogP contribution in [-0.4, -0.2) is 29.8 Å². The average Bonchev–Trinajstić information content (AvgIpc) is 3.27. The minimum absolute atomic E-state index is 0.163. The van der Waals surface area contributed by atoms with E-state index in [1.54, 1.807) is 30.3 Å². The summed E-state index contributed by atoms with van der Waals surface area (Å²) in [6.07, 6.45) is 2.41. The van der Waals surface area contributed by atoms with Crippen LogP contribution in [-0.2, 0) is 11.2 Å². The minimum Gasteiger partial charge on any atom is -0.369 e. The average molecular weight is 457 g/mol. The Morgan fingerprint density at radius 3 is 2.76 bits per heavy atom. The summed E-state index contributed by atoms with van der Waals surface area (Å²) < 4.78 is 13.5. The van der Waals surface area contributed by atoms with E-state index in [-0.39, 0.29) is 23.4 Å². The van der Waals surface area contributed by atoms with Gasteiger partial charge in [-0.05, 0) is 54.7 Å². The number of pyridine rings is 1. The van der Waals surface area contributed by atoms with Gasteiger partial charge in [-0.25, -0.2) is 9.37 Å². The van der Waals surface area contributed by atoms with E-state index in [2.05, 4.69) is 21.7 Å². The molecule has 2 aromatic carbocycles. The molecule has 6 nitrogen and oxygen atoms in total. The number of hydrogen-bond donors (Lipinski definition) is 2. The van der Waals surface area contributed by atoms with E-state index in [1.165, 1.54) is 12.1 Å². The molecular formula is C27H25FN4O2. The van der Waals surface area contributed by atoms with Crippen LogP contribution in [0.3, 0.4) is 0 Å². The van der Waals surface area contributed by atoms with Crippen LogP contribution >= 0.6 is 0 Å². The van der Waals surface area contributed by atoms with Crippen LogP contribution in [0.15, 0.2) is 60.7 Å². The van der Waals surface area contributed by atoms with Crippen molar-refractivity contribution in [2.75, 3.05) is 18.4 Å². The molecule has 3 aromatic rings. The van der Waals surface area contributed by atoms with Gasteiger partial charge in [0, 0.05) is 31.5 Å². The molecule has 1 atom stereocenters. The summed E-state index contributed by atoms with van der Waals surface area (Å²) in [6, 6.07) is 19.1. The monoisotopic (exact) mass is 456 g/mol. The highest BCUT2D eigenvalue weighted by Gasteiger charge is 2.23. The highest BCUT2D eigenvalue weighted by molar-refractivity contribution is 5.99. The smallest absolute Gasteiger partial charge is 0.255 e. The zero-order valence-electron chi connectivity index (χ0n) is 18.7. The van der Waals surface area contributed by atoms with Gasteiger partial charge in [0.1, 0.15) is 17.4 Å². The molecule has 0 saturated heterocycles. The third kappa shape index (κ3) is 5.65. The van der Waals surface area contributed by atoms with E-state index in [0.717, 1.165) is 12.0 Å². The molecule has 1 heterocycles. The Morgan fingerprint density at radius 2 is 2.00 bits per heavy atom. The van der Waals surface area contributed by atoms with Crippen LogP contribution in [0, 0.1) is 23.1 Å². The van der Waals surface area contributed by atoms with Gasteiger partial charge in [0.05, 0.1) is 22.9 Å². The second kappa shape index (κ2) is 10.7. The number of aromatic nitrogens is 1. The number of carbonyl (C=O) groups excluding carboxylic acids is 2. The highest BCUT2D eigenvalue weighted by Crippen LogP contribution is 2.26. The minimum atomic E-state index is -0.295. The molecule has 1 amide bonds. The second-order valence-electron chi connectivity index (χ2n) is 8.41. The van der Waals surface area contributed by atoms with Gasteiger partial charge in [-0.15, -0.1) is 0 Å². The Balaban J connectivity index is 1.55. The Hall–Kier alpha value is -4.05. The number of nitrogens with one attached hydrogen (secondary N) is 2. The number of rotatable bonds is 8. The van der Waals surface area contributed by atoms with Crippen LogP contribution in [0.4, 0.5) is 10.2 Å². The molecule has 2 N–H and O–H groups in total. The molecule has 172 valence electrons. The molecule has 34 heavy (non-hydrogen) atoms. The van der Waals surface area contributed by atoms with E-state index >= 15 is 0 Å². The summed E-state index contributed by atoms with van der Waals surface area (Å²) in [6.45, 7) is 0.879. The molecule has 7 heteroatoms. The predicted octanol–water partition coefficient (Wildman–Crippen LogP) is 4.51. The molecule has 0 unspecified atom stereocenters. The molecule has 0 spiro atoms. The molecule has 0 radical (unpaired) electrons. The van der Waals surface area contributed by atoms with Crippen molar-refractivity contribution >= 4 is 17.5 Å². The van der Waals surface area contributed by atoms with Gasteiger partial charge in [0.15, 0.2) is 0 Å². The van der Waals surface area contributed by atoms with Crippen LogP contribution in [0.2, 0.25) is 0 Å². The van der Waals surface area contributed by atoms with Crippen molar-refractivity contribution in [2.24, 2.45) is 5.92 Å². The van der Waals surface area contributed by atoms with Crippen molar-refractivity contribution in [3.05, 3.63) is 83.2 Å². The van der Waals surface area contributed by atoms with Crippen LogP contribution in [0.1, 0.15) is 40.7 Å². The number of benzene rings is 2. The van der Waals surface area contributed by atoms with Crippen LogP contribution in [0.5, 0.6) is 0 Å². The number of carbonyl (C=O) groups is 2. The first-order chi connectivity index (χ1) is 16.5. The first kappa shape index (κ1) is 23.1. The highest BCUT2D eigenvalue weighted by atomic mass is 19.1. The lowest BCUT2D eigenvalue weighted by Gasteiger charge is -2.15. The summed E-state index contributed by atoms with van der Waals surface area (Å²) in [4.78, 5) is 29.2. The SMILES string of the molecule is N#Cc1ccccc1-c1ccc(C(=O)NC[C@H]2CCC(=O)C2)c(NCCc2cccc(F)c2)n1. The summed E-state index contributed by atoms with van der Waals surface area (Å²) in [5, 5.41) is 15.6. The molecule has 1 fully saturated rings. The zero-order chi connectivity index (χ0) is 23.9. The van der Waals surface area contributed by atoms with Gasteiger partial charge >= 0.3 is 0 Å². The standard InChI is InChI=1S/C27H25FN4O2/c28-21-6-3-4-18(14-21)12-13-30-26-24(27(34)31-17-19-8-9-22(33)15-19)10-11-25(32-26)23-7-2-1-5-20(23)16-29/h1-7,10-11,14,19H,8-9,12-13,15,17H2,(H,30,32)(H,31,34)/t19-/m0/s1. The van der Waals surface area contributed by atoms with Crippen LogP contribution in [0.25, 0.3) is 11.3 Å². The third-order valence-electron chi connectivity index (χ3n) is 5.96. The largest absolute Gasteiger partial charge is 0.369 e. The molecule has 0 bridgehead atoms. The van der Waals surface area contributed by atoms with E-state index in [0.29, 0.717) is 60.6 Å². The quantitative estimate of drug-likeness (QED) is 0.520. The van der Waals surface area contributed by atoms with Gasteiger partial charge in [0.2, 0.25) is 0 Å². The molecule has 1 aliphatic rings. The van der Waals surface area contributed by atoms with Crippen molar-refractivity contribution < 1.29 is 14.0 Å². The normalized spacial score (nSPS) is 15.1. The van der Waals surface area contributed by atoms with Gasteiger partial charge in [-0.2, -0.15) is 5.26 Å². The third-order valence-corrected chi connectivity index (χ3v) is 5.96. The number of amides is 1. The fourth-order valence-electron chi connectivity index (χ4n) is 4.15. The molecule has 1 saturated carbocycles. The number of nitriles is 1. The number of Topliss-reactive ketones (excluding diaryl/α,β-unsaturated/α-hetero) is 1. The molecule has 1 aromatic heterocycles.